The van der Waals surface area contributed by atoms with Gasteiger partial charge in [-0.25, -0.2) is 0 Å². The summed E-state index contributed by atoms with van der Waals surface area (Å²) in [5, 5.41) is 8.60. The molecule has 0 bridgehead atoms. The van der Waals surface area contributed by atoms with Crippen LogP contribution in [-0.4, -0.2) is 22.8 Å². The lowest BCUT2D eigenvalue weighted by Crippen LogP contribution is -2.14. The van der Waals surface area contributed by atoms with Crippen LogP contribution in [0.4, 0.5) is 5.82 Å². The summed E-state index contributed by atoms with van der Waals surface area (Å²) in [6, 6.07) is 19.8. The molecule has 9 heteroatoms. The summed E-state index contributed by atoms with van der Waals surface area (Å²) in [6.45, 7) is 0.699. The number of hydrogen-bond acceptors (Lipinski definition) is 4. The third-order valence-corrected chi connectivity index (χ3v) is 6.19. The molecule has 1 aromatic heterocycles. The number of aromatic nitrogens is 2. The summed E-state index contributed by atoms with van der Waals surface area (Å²) in [6.07, 6.45) is 1.79. The number of carbonyl (C=O) groups is 1. The molecule has 0 aliphatic carbocycles. The van der Waals surface area contributed by atoms with Gasteiger partial charge in [-0.2, -0.15) is 5.10 Å². The van der Waals surface area contributed by atoms with Crippen LogP contribution in [0.3, 0.4) is 0 Å². The molecule has 0 unspecified atom stereocenters. The molecular formula is C25H20BrCl2N3O3. The molecule has 0 spiro atoms. The number of hydrogen-bond donors (Lipinski definition) is 1. The molecule has 4 aromatic rings. The van der Waals surface area contributed by atoms with E-state index in [0.29, 0.717) is 43.9 Å². The van der Waals surface area contributed by atoms with E-state index in [1.54, 1.807) is 60.5 Å². The van der Waals surface area contributed by atoms with Crippen molar-refractivity contribution in [2.24, 2.45) is 0 Å². The van der Waals surface area contributed by atoms with Gasteiger partial charge >= 0.3 is 0 Å². The van der Waals surface area contributed by atoms with E-state index in [1.165, 1.54) is 0 Å². The number of methoxy groups -OCH3 is 1. The lowest BCUT2D eigenvalue weighted by molar-refractivity contribution is 0.102. The largest absolute Gasteiger partial charge is 0.496 e. The van der Waals surface area contributed by atoms with E-state index in [9.17, 15) is 4.79 Å². The van der Waals surface area contributed by atoms with Gasteiger partial charge in [-0.05, 0) is 70.0 Å². The lowest BCUT2D eigenvalue weighted by Gasteiger charge is -2.12. The summed E-state index contributed by atoms with van der Waals surface area (Å²) < 4.78 is 13.6. The smallest absolute Gasteiger partial charge is 0.256 e. The van der Waals surface area contributed by atoms with Gasteiger partial charge in [-0.15, -0.1) is 0 Å². The van der Waals surface area contributed by atoms with Crippen LogP contribution in [0.25, 0.3) is 0 Å². The van der Waals surface area contributed by atoms with Crippen molar-refractivity contribution >= 4 is 50.9 Å². The van der Waals surface area contributed by atoms with Crippen molar-refractivity contribution in [3.8, 4) is 11.5 Å². The van der Waals surface area contributed by atoms with E-state index in [-0.39, 0.29) is 12.5 Å². The maximum absolute atomic E-state index is 13.0. The topological polar surface area (TPSA) is 65.4 Å². The van der Waals surface area contributed by atoms with Gasteiger partial charge in [0.25, 0.3) is 5.91 Å². The summed E-state index contributed by atoms with van der Waals surface area (Å²) in [7, 11) is 1.57. The summed E-state index contributed by atoms with van der Waals surface area (Å²) in [4.78, 5) is 13.0. The molecule has 6 nitrogen and oxygen atoms in total. The normalized spacial score (nSPS) is 10.7. The zero-order chi connectivity index (χ0) is 24.1. The second kappa shape index (κ2) is 11.0. The van der Waals surface area contributed by atoms with E-state index >= 15 is 0 Å². The average molecular weight is 561 g/mol. The van der Waals surface area contributed by atoms with Gasteiger partial charge in [0.1, 0.15) is 18.1 Å². The van der Waals surface area contributed by atoms with Crippen LogP contribution < -0.4 is 14.8 Å². The molecule has 174 valence electrons. The highest BCUT2D eigenvalue weighted by Gasteiger charge is 2.15. The predicted molar refractivity (Wildman–Crippen MR) is 137 cm³/mol. The van der Waals surface area contributed by atoms with Gasteiger partial charge in [0.15, 0.2) is 5.82 Å². The summed E-state index contributed by atoms with van der Waals surface area (Å²) in [5.74, 6) is 1.39. The molecule has 1 heterocycles. The summed E-state index contributed by atoms with van der Waals surface area (Å²) in [5.41, 5.74) is 2.11. The third-order valence-electron chi connectivity index (χ3n) is 4.99. The number of benzene rings is 3. The first-order chi connectivity index (χ1) is 16.4. The molecule has 0 fully saturated rings. The number of nitrogens with zero attached hydrogens (tertiary/aromatic N) is 2. The number of carbonyl (C=O) groups excluding carboxylic acids is 1. The van der Waals surface area contributed by atoms with E-state index < -0.39 is 0 Å². The Morgan fingerprint density at radius 1 is 1.06 bits per heavy atom. The average Bonchev–Trinajstić information content (AvgIpc) is 3.18. The van der Waals surface area contributed by atoms with Crippen molar-refractivity contribution in [2.75, 3.05) is 12.4 Å². The van der Waals surface area contributed by atoms with Crippen LogP contribution in [0.1, 0.15) is 21.5 Å². The first-order valence-electron chi connectivity index (χ1n) is 10.3. The van der Waals surface area contributed by atoms with Gasteiger partial charge in [0, 0.05) is 27.4 Å². The Balaban J connectivity index is 1.47. The molecule has 4 rings (SSSR count). The molecule has 0 saturated heterocycles. The van der Waals surface area contributed by atoms with Crippen molar-refractivity contribution in [3.63, 3.8) is 0 Å². The van der Waals surface area contributed by atoms with Crippen molar-refractivity contribution in [1.82, 2.24) is 9.78 Å². The Labute approximate surface area is 215 Å². The minimum absolute atomic E-state index is 0.224. The molecule has 0 radical (unpaired) electrons. The highest BCUT2D eigenvalue weighted by atomic mass is 79.9. The number of amides is 1. The number of nitrogens with one attached hydrogen (secondary N) is 1. The van der Waals surface area contributed by atoms with Gasteiger partial charge in [0.05, 0.1) is 18.1 Å². The fourth-order valence-electron chi connectivity index (χ4n) is 3.27. The van der Waals surface area contributed by atoms with Crippen LogP contribution in [-0.2, 0) is 13.2 Å². The Morgan fingerprint density at radius 2 is 1.82 bits per heavy atom. The van der Waals surface area contributed by atoms with Crippen LogP contribution >= 0.6 is 39.1 Å². The van der Waals surface area contributed by atoms with Crippen molar-refractivity contribution in [3.05, 3.63) is 104 Å². The second-order valence-electron chi connectivity index (χ2n) is 7.34. The van der Waals surface area contributed by atoms with E-state index in [4.69, 9.17) is 32.7 Å². The lowest BCUT2D eigenvalue weighted by atomic mass is 10.1. The zero-order valence-electron chi connectivity index (χ0n) is 18.1. The Hall–Kier alpha value is -3.00. The number of halogens is 3. The highest BCUT2D eigenvalue weighted by molar-refractivity contribution is 9.10. The van der Waals surface area contributed by atoms with Crippen molar-refractivity contribution < 1.29 is 14.3 Å². The monoisotopic (exact) mass is 559 g/mol. The first-order valence-corrected chi connectivity index (χ1v) is 11.8. The maximum Gasteiger partial charge on any atom is 0.256 e. The number of rotatable bonds is 8. The standard InChI is InChI=1S/C25H20BrCl2N3O3/c1-33-23-11-6-16(12-18(23)15-34-20-9-7-19(27)8-10-20)25(32)29-24-21(26)14-31(30-24)13-17-4-2-3-5-22(17)28/h2-12,14H,13,15H2,1H3,(H,29,30,32). The van der Waals surface area contributed by atoms with Crippen LogP contribution in [0.5, 0.6) is 11.5 Å². The number of ether oxygens (including phenoxy) is 2. The first kappa shape index (κ1) is 24.1. The van der Waals surface area contributed by atoms with Gasteiger partial charge < -0.3 is 14.8 Å². The van der Waals surface area contributed by atoms with E-state index in [0.717, 1.165) is 11.1 Å². The molecule has 34 heavy (non-hydrogen) atoms. The number of anilines is 1. The molecule has 1 amide bonds. The van der Waals surface area contributed by atoms with Crippen molar-refractivity contribution in [2.45, 2.75) is 13.2 Å². The van der Waals surface area contributed by atoms with Gasteiger partial charge in [-0.3, -0.25) is 9.48 Å². The van der Waals surface area contributed by atoms with Crippen LogP contribution in [0, 0.1) is 0 Å². The molecule has 3 aromatic carbocycles. The minimum Gasteiger partial charge on any atom is -0.496 e. The van der Waals surface area contributed by atoms with E-state index in [1.807, 2.05) is 24.3 Å². The molecule has 0 aliphatic rings. The zero-order valence-corrected chi connectivity index (χ0v) is 21.2. The van der Waals surface area contributed by atoms with Crippen molar-refractivity contribution in [1.29, 1.82) is 0 Å². The quantitative estimate of drug-likeness (QED) is 0.256. The third kappa shape index (κ3) is 5.91. The molecule has 1 N–H and O–H groups in total. The van der Waals surface area contributed by atoms with Crippen LogP contribution in [0.2, 0.25) is 10.0 Å². The SMILES string of the molecule is COc1ccc(C(=O)Nc2nn(Cc3ccccc3Cl)cc2Br)cc1COc1ccc(Cl)cc1. The van der Waals surface area contributed by atoms with E-state index in [2.05, 4.69) is 26.3 Å². The summed E-state index contributed by atoms with van der Waals surface area (Å²) >= 11 is 15.6. The highest BCUT2D eigenvalue weighted by Crippen LogP contribution is 2.26. The molecule has 0 saturated carbocycles. The molecule has 0 atom stereocenters. The minimum atomic E-state index is -0.306. The fraction of sp³-hybridized carbons (Fsp3) is 0.120. The predicted octanol–water partition coefficient (Wildman–Crippen LogP) is 6.84. The molecule has 0 aliphatic heterocycles. The Kier molecular flexibility index (Phi) is 7.77. The van der Waals surface area contributed by atoms with Crippen LogP contribution in [0.15, 0.2) is 77.4 Å². The second-order valence-corrected chi connectivity index (χ2v) is 9.04. The van der Waals surface area contributed by atoms with Gasteiger partial charge in [-0.1, -0.05) is 41.4 Å². The Morgan fingerprint density at radius 3 is 2.56 bits per heavy atom. The maximum atomic E-state index is 13.0. The molecular weight excluding hydrogens is 541 g/mol. The Bertz CT molecular complexity index is 1310. The fourth-order valence-corrected chi connectivity index (χ4v) is 4.00. The van der Waals surface area contributed by atoms with Gasteiger partial charge in [0.2, 0.25) is 0 Å².